The number of benzene rings is 2. The minimum atomic E-state index is -0.577. The molecule has 2 aromatic carbocycles. The molecule has 29 heavy (non-hydrogen) atoms. The maximum absolute atomic E-state index is 13.2. The van der Waals surface area contributed by atoms with Crippen molar-refractivity contribution >= 4 is 35.2 Å². The zero-order valence-corrected chi connectivity index (χ0v) is 17.0. The zero-order valence-electron chi connectivity index (χ0n) is 16.2. The predicted molar refractivity (Wildman–Crippen MR) is 111 cm³/mol. The van der Waals surface area contributed by atoms with Crippen molar-refractivity contribution in [3.05, 3.63) is 69.9 Å². The van der Waals surface area contributed by atoms with E-state index in [0.717, 1.165) is 0 Å². The van der Waals surface area contributed by atoms with Crippen LogP contribution in [0.1, 0.15) is 19.4 Å². The Kier molecular flexibility index (Phi) is 5.94. The van der Waals surface area contributed by atoms with Gasteiger partial charge in [-0.15, -0.1) is 0 Å². The zero-order chi connectivity index (χ0) is 21.1. The molecule has 6 nitrogen and oxygen atoms in total. The summed E-state index contributed by atoms with van der Waals surface area (Å²) in [5, 5.41) is 10.3. The summed E-state index contributed by atoms with van der Waals surface area (Å²) in [4.78, 5) is 27.3. The summed E-state index contributed by atoms with van der Waals surface area (Å²) in [6.45, 7) is 3.58. The van der Waals surface area contributed by atoms with E-state index in [2.05, 4.69) is 0 Å². The largest absolute Gasteiger partial charge is 0.504 e. The fraction of sp³-hybridized carbons (Fsp3) is 0.182. The molecule has 0 spiro atoms. The molecule has 1 N–H and O–H groups in total. The van der Waals surface area contributed by atoms with Crippen molar-refractivity contribution in [2.24, 2.45) is 0 Å². The number of amides is 1. The van der Waals surface area contributed by atoms with Crippen LogP contribution in [-0.4, -0.2) is 30.7 Å². The van der Waals surface area contributed by atoms with Crippen LogP contribution in [0.3, 0.4) is 0 Å². The number of aromatic hydroxyl groups is 1. The minimum Gasteiger partial charge on any atom is -0.504 e. The minimum absolute atomic E-state index is 0.0208. The van der Waals surface area contributed by atoms with Crippen molar-refractivity contribution in [2.45, 2.75) is 13.8 Å². The number of hydrogen-bond acceptors (Lipinski definition) is 5. The molecule has 0 fully saturated rings. The molecule has 1 aliphatic rings. The Morgan fingerprint density at radius 3 is 2.52 bits per heavy atom. The summed E-state index contributed by atoms with van der Waals surface area (Å²) >= 11 is 5.96. The van der Waals surface area contributed by atoms with E-state index in [-0.39, 0.29) is 35.2 Å². The average molecular weight is 414 g/mol. The number of rotatable bonds is 5. The summed E-state index contributed by atoms with van der Waals surface area (Å²) < 4.78 is 10.3. The van der Waals surface area contributed by atoms with Crippen LogP contribution < -0.4 is 9.64 Å². The number of carbonyl (C=O) groups excluding carboxylic acids is 2. The van der Waals surface area contributed by atoms with Crippen LogP contribution in [0.4, 0.5) is 5.69 Å². The summed E-state index contributed by atoms with van der Waals surface area (Å²) in [7, 11) is 1.43. The van der Waals surface area contributed by atoms with Crippen LogP contribution in [0.5, 0.6) is 11.5 Å². The maximum atomic E-state index is 13.2. The Morgan fingerprint density at radius 2 is 1.90 bits per heavy atom. The maximum Gasteiger partial charge on any atom is 0.340 e. The molecular weight excluding hydrogens is 394 g/mol. The van der Waals surface area contributed by atoms with Gasteiger partial charge in [0, 0.05) is 16.4 Å². The predicted octanol–water partition coefficient (Wildman–Crippen LogP) is 4.32. The number of anilines is 1. The number of phenolic OH excluding ortho intramolecular Hbond substituents is 1. The molecule has 2 aromatic rings. The quantitative estimate of drug-likeness (QED) is 0.583. The van der Waals surface area contributed by atoms with Crippen LogP contribution in [0.25, 0.3) is 6.08 Å². The molecule has 0 unspecified atom stereocenters. The third-order valence-corrected chi connectivity index (χ3v) is 4.73. The Morgan fingerprint density at radius 1 is 1.21 bits per heavy atom. The Balaban J connectivity index is 2.13. The molecule has 3 rings (SSSR count). The number of nitrogens with zero attached hydrogens (tertiary/aromatic N) is 1. The Bertz CT molecular complexity index is 1020. The van der Waals surface area contributed by atoms with Crippen LogP contribution in [0, 0.1) is 0 Å². The molecule has 1 aliphatic heterocycles. The van der Waals surface area contributed by atoms with Gasteiger partial charge in [-0.2, -0.15) is 0 Å². The van der Waals surface area contributed by atoms with Gasteiger partial charge in [-0.1, -0.05) is 17.7 Å². The van der Waals surface area contributed by atoms with Gasteiger partial charge in [0.05, 0.1) is 24.9 Å². The molecule has 0 aromatic heterocycles. The fourth-order valence-corrected chi connectivity index (χ4v) is 3.26. The molecule has 0 saturated carbocycles. The Labute approximate surface area is 173 Å². The average Bonchev–Trinajstić information content (AvgIpc) is 2.94. The summed E-state index contributed by atoms with van der Waals surface area (Å²) in [5.41, 5.74) is 2.04. The van der Waals surface area contributed by atoms with Crippen LogP contribution in [0.15, 0.2) is 59.3 Å². The number of carbonyl (C=O) groups is 2. The first kappa shape index (κ1) is 20.5. The van der Waals surface area contributed by atoms with Crippen LogP contribution in [0.2, 0.25) is 5.02 Å². The first-order chi connectivity index (χ1) is 13.9. The van der Waals surface area contributed by atoms with Gasteiger partial charge in [0.1, 0.15) is 0 Å². The van der Waals surface area contributed by atoms with Crippen molar-refractivity contribution in [3.63, 3.8) is 0 Å². The standard InChI is InChI=1S/C22H20ClNO5/c1-4-29-22(27)20-13(2)24(16-8-6-15(23)7-9-16)21(26)17(20)11-14-5-10-18(25)19(12-14)28-3/h5-12,25H,4H2,1-3H3/b17-11-. The third-order valence-electron chi connectivity index (χ3n) is 4.48. The summed E-state index contributed by atoms with van der Waals surface area (Å²) in [6.07, 6.45) is 1.58. The first-order valence-electron chi connectivity index (χ1n) is 8.94. The highest BCUT2D eigenvalue weighted by Crippen LogP contribution is 2.36. The van der Waals surface area contributed by atoms with Gasteiger partial charge in [0.2, 0.25) is 0 Å². The lowest BCUT2D eigenvalue weighted by Crippen LogP contribution is -2.24. The lowest BCUT2D eigenvalue weighted by atomic mass is 10.0. The number of halogens is 1. The number of esters is 1. The molecule has 0 aliphatic carbocycles. The highest BCUT2D eigenvalue weighted by atomic mass is 35.5. The van der Waals surface area contributed by atoms with Crippen molar-refractivity contribution in [2.75, 3.05) is 18.6 Å². The monoisotopic (exact) mass is 413 g/mol. The van der Waals surface area contributed by atoms with E-state index in [1.54, 1.807) is 56.3 Å². The Hall–Kier alpha value is -3.25. The van der Waals surface area contributed by atoms with Crippen LogP contribution >= 0.6 is 11.6 Å². The second-order valence-electron chi connectivity index (χ2n) is 6.29. The topological polar surface area (TPSA) is 76.1 Å². The van der Waals surface area contributed by atoms with Gasteiger partial charge in [-0.05, 0) is 61.9 Å². The number of hydrogen-bond donors (Lipinski definition) is 1. The molecule has 1 heterocycles. The van der Waals surface area contributed by atoms with Crippen molar-refractivity contribution < 1.29 is 24.2 Å². The van der Waals surface area contributed by atoms with Crippen molar-refractivity contribution in [1.82, 2.24) is 0 Å². The van der Waals surface area contributed by atoms with E-state index in [4.69, 9.17) is 21.1 Å². The molecule has 0 radical (unpaired) electrons. The molecule has 0 saturated heterocycles. The van der Waals surface area contributed by atoms with Crippen LogP contribution in [-0.2, 0) is 14.3 Å². The highest BCUT2D eigenvalue weighted by molar-refractivity contribution is 6.30. The summed E-state index contributed by atoms with van der Waals surface area (Å²) in [6, 6.07) is 11.4. The SMILES string of the molecule is CCOC(=O)C1=C(C)N(c2ccc(Cl)cc2)C(=O)/C1=C\c1ccc(O)c(OC)c1. The number of phenols is 1. The summed E-state index contributed by atoms with van der Waals surface area (Å²) in [5.74, 6) is -0.697. The lowest BCUT2D eigenvalue weighted by Gasteiger charge is -2.18. The normalized spacial score (nSPS) is 15.2. The molecule has 7 heteroatoms. The van der Waals surface area contributed by atoms with Gasteiger partial charge in [-0.3, -0.25) is 9.69 Å². The molecular formula is C22H20ClNO5. The van der Waals surface area contributed by atoms with Gasteiger partial charge in [-0.25, -0.2) is 4.79 Å². The molecule has 0 atom stereocenters. The van der Waals surface area contributed by atoms with E-state index in [0.29, 0.717) is 22.0 Å². The third kappa shape index (κ3) is 3.98. The van der Waals surface area contributed by atoms with E-state index in [9.17, 15) is 14.7 Å². The van der Waals surface area contributed by atoms with Gasteiger partial charge in [0.25, 0.3) is 5.91 Å². The smallest absolute Gasteiger partial charge is 0.340 e. The van der Waals surface area contributed by atoms with E-state index >= 15 is 0 Å². The van der Waals surface area contributed by atoms with Crippen molar-refractivity contribution in [1.29, 1.82) is 0 Å². The van der Waals surface area contributed by atoms with Gasteiger partial charge >= 0.3 is 5.97 Å². The van der Waals surface area contributed by atoms with Gasteiger partial charge < -0.3 is 14.6 Å². The lowest BCUT2D eigenvalue weighted by molar-refractivity contribution is -0.138. The fourth-order valence-electron chi connectivity index (χ4n) is 3.13. The van der Waals surface area contributed by atoms with E-state index < -0.39 is 5.97 Å². The van der Waals surface area contributed by atoms with E-state index in [1.807, 2.05) is 0 Å². The molecule has 150 valence electrons. The number of methoxy groups -OCH3 is 1. The first-order valence-corrected chi connectivity index (χ1v) is 9.32. The van der Waals surface area contributed by atoms with E-state index in [1.165, 1.54) is 18.1 Å². The van der Waals surface area contributed by atoms with Gasteiger partial charge in [0.15, 0.2) is 11.5 Å². The second kappa shape index (κ2) is 8.41. The number of ether oxygens (including phenoxy) is 2. The second-order valence-corrected chi connectivity index (χ2v) is 6.72. The number of allylic oxidation sites excluding steroid dienone is 1. The molecule has 0 bridgehead atoms. The molecule has 1 amide bonds. The highest BCUT2D eigenvalue weighted by Gasteiger charge is 2.38. The van der Waals surface area contributed by atoms with Crippen molar-refractivity contribution in [3.8, 4) is 11.5 Å².